The quantitative estimate of drug-likeness (QED) is 0.652. The molecule has 9 heteroatoms. The lowest BCUT2D eigenvalue weighted by Crippen LogP contribution is -2.49. The highest BCUT2D eigenvalue weighted by atomic mass is 16.5. The Bertz CT molecular complexity index is 962. The number of fused-ring (bicyclic) bond motifs is 1. The Labute approximate surface area is 162 Å². The Morgan fingerprint density at radius 3 is 2.57 bits per heavy atom. The van der Waals surface area contributed by atoms with E-state index >= 15 is 0 Å². The number of nitrogens with zero attached hydrogens (tertiary/aromatic N) is 7. The number of aromatic nitrogens is 5. The summed E-state index contributed by atoms with van der Waals surface area (Å²) in [4.78, 5) is 25.3. The second-order valence-corrected chi connectivity index (χ2v) is 6.70. The van der Waals surface area contributed by atoms with E-state index in [0.29, 0.717) is 50.4 Å². The van der Waals surface area contributed by atoms with Gasteiger partial charge in [0.05, 0.1) is 13.0 Å². The van der Waals surface area contributed by atoms with Crippen molar-refractivity contribution in [2.75, 3.05) is 37.7 Å². The minimum absolute atomic E-state index is 0.135. The summed E-state index contributed by atoms with van der Waals surface area (Å²) in [6.07, 6.45) is 1.93. The molecule has 0 radical (unpaired) electrons. The summed E-state index contributed by atoms with van der Waals surface area (Å²) >= 11 is 0. The molecule has 0 N–H and O–H groups in total. The lowest BCUT2D eigenvalue weighted by Gasteiger charge is -2.35. The maximum atomic E-state index is 12.7. The summed E-state index contributed by atoms with van der Waals surface area (Å²) in [5.74, 6) is 1.74. The molecule has 1 amide bonds. The number of hydrogen-bond acceptors (Lipinski definition) is 7. The number of carbonyl (C=O) groups is 1. The van der Waals surface area contributed by atoms with E-state index in [9.17, 15) is 4.79 Å². The number of hydrogen-bond donors (Lipinski definition) is 0. The highest BCUT2D eigenvalue weighted by Crippen LogP contribution is 2.21. The van der Waals surface area contributed by atoms with Gasteiger partial charge in [-0.15, -0.1) is 5.10 Å². The highest BCUT2D eigenvalue weighted by molar-refractivity contribution is 5.83. The molecule has 3 heterocycles. The predicted octanol–water partition coefficient (Wildman–Crippen LogP) is 1.05. The van der Waals surface area contributed by atoms with E-state index in [1.54, 1.807) is 4.68 Å². The summed E-state index contributed by atoms with van der Waals surface area (Å²) in [5.41, 5.74) is 2.39. The number of piperazine rings is 1. The van der Waals surface area contributed by atoms with Crippen LogP contribution in [0.1, 0.15) is 12.5 Å². The van der Waals surface area contributed by atoms with Gasteiger partial charge in [-0.2, -0.15) is 0 Å². The molecule has 146 valence electrons. The molecule has 9 nitrogen and oxygen atoms in total. The van der Waals surface area contributed by atoms with Crippen LogP contribution in [0, 0.1) is 0 Å². The van der Waals surface area contributed by atoms with Gasteiger partial charge in [-0.25, -0.2) is 14.6 Å². The first kappa shape index (κ1) is 18.1. The van der Waals surface area contributed by atoms with Crippen molar-refractivity contribution < 1.29 is 9.53 Å². The van der Waals surface area contributed by atoms with Gasteiger partial charge in [-0.3, -0.25) is 4.79 Å². The number of aryl methyl sites for hydroxylation is 1. The maximum absolute atomic E-state index is 12.7. The largest absolute Gasteiger partial charge is 0.494 e. The minimum atomic E-state index is 0.135. The number of rotatable bonds is 5. The lowest BCUT2D eigenvalue weighted by atomic mass is 10.1. The van der Waals surface area contributed by atoms with Crippen LogP contribution in [0.15, 0.2) is 30.6 Å². The van der Waals surface area contributed by atoms with Gasteiger partial charge in [-0.05, 0) is 24.6 Å². The average Bonchev–Trinajstić information content (AvgIpc) is 3.11. The summed E-state index contributed by atoms with van der Waals surface area (Å²) in [7, 11) is 1.81. The summed E-state index contributed by atoms with van der Waals surface area (Å²) in [6.45, 7) is 5.31. The van der Waals surface area contributed by atoms with Crippen LogP contribution in [-0.2, 0) is 18.3 Å². The number of benzene rings is 1. The van der Waals surface area contributed by atoms with Crippen LogP contribution in [-0.4, -0.2) is 68.6 Å². The molecule has 0 spiro atoms. The van der Waals surface area contributed by atoms with Gasteiger partial charge in [0.15, 0.2) is 17.0 Å². The van der Waals surface area contributed by atoms with Crippen LogP contribution in [0.25, 0.3) is 11.2 Å². The van der Waals surface area contributed by atoms with Gasteiger partial charge < -0.3 is 14.5 Å². The molecular formula is C19H23N7O2. The third kappa shape index (κ3) is 3.60. The monoisotopic (exact) mass is 381 g/mol. The fraction of sp³-hybridized carbons (Fsp3) is 0.421. The zero-order valence-corrected chi connectivity index (χ0v) is 16.1. The fourth-order valence-electron chi connectivity index (χ4n) is 3.40. The molecule has 0 atom stereocenters. The third-order valence-corrected chi connectivity index (χ3v) is 4.89. The van der Waals surface area contributed by atoms with Crippen molar-refractivity contribution >= 4 is 22.9 Å². The van der Waals surface area contributed by atoms with Crippen molar-refractivity contribution in [3.8, 4) is 5.75 Å². The van der Waals surface area contributed by atoms with Crippen LogP contribution in [0.2, 0.25) is 0 Å². The Balaban J connectivity index is 1.37. The topological polar surface area (TPSA) is 89.3 Å². The first-order valence-electron chi connectivity index (χ1n) is 9.40. The molecule has 1 aromatic carbocycles. The maximum Gasteiger partial charge on any atom is 0.227 e. The molecule has 1 fully saturated rings. The summed E-state index contributed by atoms with van der Waals surface area (Å²) in [5, 5.41) is 8.20. The standard InChI is InChI=1S/C19H23N7O2/c1-3-28-15-6-4-14(5-7-15)12-16(27)25-8-10-26(11-9-25)19-17-18(20-13-21-19)24(2)23-22-17/h4-7,13H,3,8-12H2,1-2H3. The Kier molecular flexibility index (Phi) is 5.05. The van der Waals surface area contributed by atoms with Crippen molar-refractivity contribution in [2.24, 2.45) is 7.05 Å². The molecule has 0 bridgehead atoms. The van der Waals surface area contributed by atoms with Gasteiger partial charge in [0.2, 0.25) is 5.91 Å². The van der Waals surface area contributed by atoms with Crippen molar-refractivity contribution in [1.29, 1.82) is 0 Å². The average molecular weight is 381 g/mol. The molecule has 1 saturated heterocycles. The Hall–Kier alpha value is -3.23. The molecule has 0 saturated carbocycles. The van der Waals surface area contributed by atoms with E-state index in [2.05, 4.69) is 25.2 Å². The van der Waals surface area contributed by atoms with Crippen molar-refractivity contribution in [1.82, 2.24) is 29.9 Å². The van der Waals surface area contributed by atoms with Crippen LogP contribution in [0.3, 0.4) is 0 Å². The predicted molar refractivity (Wildman–Crippen MR) is 104 cm³/mol. The summed E-state index contributed by atoms with van der Waals surface area (Å²) in [6, 6.07) is 7.71. The first-order chi connectivity index (χ1) is 13.7. The number of amides is 1. The molecule has 1 aliphatic rings. The van der Waals surface area contributed by atoms with E-state index < -0.39 is 0 Å². The molecule has 4 rings (SSSR count). The van der Waals surface area contributed by atoms with Crippen molar-refractivity contribution in [3.63, 3.8) is 0 Å². The SMILES string of the molecule is CCOc1ccc(CC(=O)N2CCN(c3ncnc4c3nnn4C)CC2)cc1. The van der Waals surface area contributed by atoms with Crippen molar-refractivity contribution in [3.05, 3.63) is 36.2 Å². The molecule has 28 heavy (non-hydrogen) atoms. The van der Waals surface area contributed by atoms with E-state index in [1.807, 2.05) is 43.1 Å². The zero-order valence-electron chi connectivity index (χ0n) is 16.1. The fourth-order valence-corrected chi connectivity index (χ4v) is 3.40. The van der Waals surface area contributed by atoms with Gasteiger partial charge in [0.1, 0.15) is 12.1 Å². The van der Waals surface area contributed by atoms with Gasteiger partial charge in [-0.1, -0.05) is 17.3 Å². The molecule has 0 unspecified atom stereocenters. The minimum Gasteiger partial charge on any atom is -0.494 e. The Morgan fingerprint density at radius 2 is 1.86 bits per heavy atom. The van der Waals surface area contributed by atoms with Crippen LogP contribution < -0.4 is 9.64 Å². The number of carbonyl (C=O) groups excluding carboxylic acids is 1. The molecule has 1 aliphatic heterocycles. The first-order valence-corrected chi connectivity index (χ1v) is 9.40. The van der Waals surface area contributed by atoms with E-state index in [1.165, 1.54) is 6.33 Å². The van der Waals surface area contributed by atoms with Gasteiger partial charge in [0, 0.05) is 33.2 Å². The lowest BCUT2D eigenvalue weighted by molar-refractivity contribution is -0.130. The van der Waals surface area contributed by atoms with Crippen LogP contribution >= 0.6 is 0 Å². The van der Waals surface area contributed by atoms with Crippen molar-refractivity contribution in [2.45, 2.75) is 13.3 Å². The molecule has 3 aromatic rings. The summed E-state index contributed by atoms with van der Waals surface area (Å²) < 4.78 is 7.08. The Morgan fingerprint density at radius 1 is 1.11 bits per heavy atom. The van der Waals surface area contributed by atoms with Gasteiger partial charge >= 0.3 is 0 Å². The smallest absolute Gasteiger partial charge is 0.227 e. The second kappa shape index (κ2) is 7.79. The van der Waals surface area contributed by atoms with E-state index in [4.69, 9.17) is 4.74 Å². The van der Waals surface area contributed by atoms with Crippen LogP contribution in [0.5, 0.6) is 5.75 Å². The number of anilines is 1. The molecule has 0 aliphatic carbocycles. The van der Waals surface area contributed by atoms with Crippen LogP contribution in [0.4, 0.5) is 5.82 Å². The zero-order chi connectivity index (χ0) is 19.5. The van der Waals surface area contributed by atoms with Gasteiger partial charge in [0.25, 0.3) is 0 Å². The van der Waals surface area contributed by atoms with E-state index in [-0.39, 0.29) is 5.91 Å². The second-order valence-electron chi connectivity index (χ2n) is 6.70. The molecular weight excluding hydrogens is 358 g/mol. The third-order valence-electron chi connectivity index (χ3n) is 4.89. The van der Waals surface area contributed by atoms with E-state index in [0.717, 1.165) is 17.1 Å². The normalized spacial score (nSPS) is 14.5. The molecule has 2 aromatic heterocycles. The highest BCUT2D eigenvalue weighted by Gasteiger charge is 2.24. The number of ether oxygens (including phenoxy) is 1.